The van der Waals surface area contributed by atoms with E-state index in [0.717, 1.165) is 44.4 Å². The van der Waals surface area contributed by atoms with Crippen molar-refractivity contribution < 1.29 is 35.4 Å². The van der Waals surface area contributed by atoms with Gasteiger partial charge in [-0.05, 0) is 84.4 Å². The van der Waals surface area contributed by atoms with Gasteiger partial charge in [-0.25, -0.2) is 0 Å². The zero-order valence-electron chi connectivity index (χ0n) is 24.0. The molecule has 0 aliphatic carbocycles. The number of fused-ring (bicyclic) bond motifs is 1. The molecule has 8 heteroatoms. The predicted octanol–water partition coefficient (Wildman–Crippen LogP) is 5.73. The maximum absolute atomic E-state index is 11.1. The van der Waals surface area contributed by atoms with E-state index >= 15 is 0 Å². The van der Waals surface area contributed by atoms with Crippen LogP contribution in [0.25, 0.3) is 22.9 Å². The van der Waals surface area contributed by atoms with Crippen LogP contribution in [0.3, 0.4) is 0 Å². The average molecular weight is 586 g/mol. The maximum atomic E-state index is 11.1. The first-order valence-corrected chi connectivity index (χ1v) is 14.8. The number of aryl methyl sites for hydroxylation is 1. The molecule has 0 unspecified atom stereocenters. The van der Waals surface area contributed by atoms with E-state index in [1.165, 1.54) is 23.8 Å². The van der Waals surface area contributed by atoms with Crippen molar-refractivity contribution >= 4 is 22.9 Å². The zero-order chi connectivity index (χ0) is 30.3. The molecule has 0 bridgehead atoms. The minimum atomic E-state index is -0.365. The van der Waals surface area contributed by atoms with Crippen molar-refractivity contribution in [3.05, 3.63) is 88.5 Å². The Morgan fingerprint density at radius 2 is 1.60 bits per heavy atom. The molecule has 5 rings (SSSR count). The molecule has 1 aliphatic rings. The van der Waals surface area contributed by atoms with Crippen molar-refractivity contribution in [3.8, 4) is 28.7 Å². The normalized spacial score (nSPS) is 17.1. The van der Waals surface area contributed by atoms with Gasteiger partial charge < -0.3 is 40.7 Å². The number of benzene rings is 4. The summed E-state index contributed by atoms with van der Waals surface area (Å²) >= 11 is 0. The van der Waals surface area contributed by atoms with Gasteiger partial charge in [0.05, 0.1) is 11.5 Å². The van der Waals surface area contributed by atoms with Crippen LogP contribution in [0, 0.1) is 0 Å². The molecule has 0 radical (unpaired) electrons. The Kier molecular flexibility index (Phi) is 9.72. The van der Waals surface area contributed by atoms with E-state index in [1.54, 1.807) is 30.4 Å². The number of aliphatic hydroxyl groups excluding tert-OH is 1. The molecule has 0 saturated carbocycles. The van der Waals surface area contributed by atoms with E-state index in [-0.39, 0.29) is 46.8 Å². The summed E-state index contributed by atoms with van der Waals surface area (Å²) in [7, 11) is 0. The zero-order valence-corrected chi connectivity index (χ0v) is 24.0. The summed E-state index contributed by atoms with van der Waals surface area (Å²) in [4.78, 5) is 0. The van der Waals surface area contributed by atoms with Gasteiger partial charge in [-0.1, -0.05) is 54.6 Å². The Bertz CT molecular complexity index is 1580. The lowest BCUT2D eigenvalue weighted by Crippen LogP contribution is -2.38. The summed E-state index contributed by atoms with van der Waals surface area (Å²) < 4.78 is 5.82. The van der Waals surface area contributed by atoms with Gasteiger partial charge in [-0.2, -0.15) is 0 Å². The second-order valence-electron chi connectivity index (χ2n) is 11.1. The van der Waals surface area contributed by atoms with Crippen molar-refractivity contribution in [2.45, 2.75) is 57.2 Å². The third-order valence-electron chi connectivity index (χ3n) is 8.18. The fourth-order valence-corrected chi connectivity index (χ4v) is 5.77. The number of hydrogen-bond donors (Lipinski definition) is 7. The monoisotopic (exact) mass is 585 g/mol. The number of rotatable bonds is 11. The number of phenols is 5. The third kappa shape index (κ3) is 7.22. The fourth-order valence-electron chi connectivity index (χ4n) is 5.77. The van der Waals surface area contributed by atoms with Crippen LogP contribution < -0.4 is 5.32 Å². The molecular formula is C35H39NO7. The lowest BCUT2D eigenvalue weighted by Gasteiger charge is -2.30. The molecule has 4 aromatic rings. The van der Waals surface area contributed by atoms with Crippen molar-refractivity contribution in [1.29, 1.82) is 0 Å². The van der Waals surface area contributed by atoms with Crippen LogP contribution in [-0.2, 0) is 24.1 Å². The van der Waals surface area contributed by atoms with Gasteiger partial charge in [0, 0.05) is 31.4 Å². The quantitative estimate of drug-likeness (QED) is 0.0874. The summed E-state index contributed by atoms with van der Waals surface area (Å²) in [5.41, 5.74) is 4.06. The summed E-state index contributed by atoms with van der Waals surface area (Å²) in [6.45, 7) is 1.68. The van der Waals surface area contributed by atoms with E-state index in [4.69, 9.17) is 9.84 Å². The number of ether oxygens (including phenoxy) is 1. The van der Waals surface area contributed by atoms with Crippen LogP contribution in [-0.4, -0.2) is 56.0 Å². The topological polar surface area (TPSA) is 143 Å². The summed E-state index contributed by atoms with van der Waals surface area (Å²) in [6.07, 6.45) is 8.32. The standard InChI is InChI=1S/C35H39NO7/c37-17-2-3-26-20-25(16-18-43-26)36-21-24-8-6-22(7-9-24)10-14-29-27(13-11-23-12-15-30(38)32(40)19-23)28-4-1-5-31(39)33(28)35(42)34(29)41/h1,4-9,11-13,15,19,25-26,36-42H,2-3,10,14,16-18,20-21H2/b13-11+/t25-,26-/m1/s1. The number of aromatic hydroxyl groups is 5. The Labute approximate surface area is 251 Å². The van der Waals surface area contributed by atoms with Crippen molar-refractivity contribution in [1.82, 2.24) is 5.32 Å². The van der Waals surface area contributed by atoms with Gasteiger partial charge in [-0.15, -0.1) is 0 Å². The highest BCUT2D eigenvalue weighted by Crippen LogP contribution is 2.45. The molecule has 1 fully saturated rings. The van der Waals surface area contributed by atoms with Crippen LogP contribution in [0.5, 0.6) is 28.7 Å². The summed E-state index contributed by atoms with van der Waals surface area (Å²) in [6, 6.07) is 18.1. The first kappa shape index (κ1) is 30.2. The molecule has 1 saturated heterocycles. The van der Waals surface area contributed by atoms with Gasteiger partial charge in [0.25, 0.3) is 0 Å². The van der Waals surface area contributed by atoms with Crippen LogP contribution in [0.2, 0.25) is 0 Å². The molecular weight excluding hydrogens is 546 g/mol. The highest BCUT2D eigenvalue weighted by molar-refractivity contribution is 6.03. The van der Waals surface area contributed by atoms with Gasteiger partial charge in [-0.3, -0.25) is 0 Å². The molecule has 226 valence electrons. The predicted molar refractivity (Wildman–Crippen MR) is 167 cm³/mol. The van der Waals surface area contributed by atoms with E-state index in [0.29, 0.717) is 41.0 Å². The molecule has 0 amide bonds. The van der Waals surface area contributed by atoms with Crippen LogP contribution in [0.1, 0.15) is 53.5 Å². The Balaban J connectivity index is 1.32. The average Bonchev–Trinajstić information content (AvgIpc) is 3.02. The van der Waals surface area contributed by atoms with Gasteiger partial charge in [0.1, 0.15) is 5.75 Å². The lowest BCUT2D eigenvalue weighted by atomic mass is 9.91. The van der Waals surface area contributed by atoms with Gasteiger partial charge in [0.2, 0.25) is 0 Å². The largest absolute Gasteiger partial charge is 0.507 e. The second-order valence-corrected chi connectivity index (χ2v) is 11.1. The molecule has 0 spiro atoms. The lowest BCUT2D eigenvalue weighted by molar-refractivity contribution is -0.00622. The summed E-state index contributed by atoms with van der Waals surface area (Å²) in [5, 5.41) is 65.4. The van der Waals surface area contributed by atoms with Crippen molar-refractivity contribution in [2.24, 2.45) is 0 Å². The smallest absolute Gasteiger partial charge is 0.169 e. The third-order valence-corrected chi connectivity index (χ3v) is 8.18. The molecule has 2 atom stereocenters. The van der Waals surface area contributed by atoms with Crippen LogP contribution in [0.15, 0.2) is 60.7 Å². The Morgan fingerprint density at radius 3 is 2.37 bits per heavy atom. The number of hydrogen-bond acceptors (Lipinski definition) is 8. The van der Waals surface area contributed by atoms with E-state index < -0.39 is 0 Å². The molecule has 8 nitrogen and oxygen atoms in total. The van der Waals surface area contributed by atoms with Crippen molar-refractivity contribution in [3.63, 3.8) is 0 Å². The fraction of sp³-hybridized carbons (Fsp3) is 0.314. The second kappa shape index (κ2) is 13.8. The molecule has 1 aliphatic heterocycles. The molecule has 7 N–H and O–H groups in total. The highest BCUT2D eigenvalue weighted by Gasteiger charge is 2.22. The SMILES string of the molecule is OCCC[C@@H]1C[C@H](NCc2ccc(CCc3c(O)c(O)c4c(O)cccc4c3/C=C/c3ccc(O)c(O)c3)cc2)CCO1. The molecule has 1 heterocycles. The minimum Gasteiger partial charge on any atom is -0.507 e. The first-order valence-electron chi connectivity index (χ1n) is 14.8. The molecule has 0 aromatic heterocycles. The Morgan fingerprint density at radius 1 is 0.814 bits per heavy atom. The maximum Gasteiger partial charge on any atom is 0.169 e. The minimum absolute atomic E-state index is 0.139. The van der Waals surface area contributed by atoms with E-state index in [1.807, 2.05) is 0 Å². The highest BCUT2D eigenvalue weighted by atomic mass is 16.5. The number of phenolic OH excluding ortho intramolecular Hbond substituents is 5. The number of nitrogens with one attached hydrogen (secondary N) is 1. The van der Waals surface area contributed by atoms with Gasteiger partial charge in [0.15, 0.2) is 23.0 Å². The van der Waals surface area contributed by atoms with Crippen LogP contribution >= 0.6 is 0 Å². The van der Waals surface area contributed by atoms with E-state index in [2.05, 4.69) is 29.6 Å². The van der Waals surface area contributed by atoms with Gasteiger partial charge >= 0.3 is 0 Å². The molecule has 43 heavy (non-hydrogen) atoms. The first-order chi connectivity index (χ1) is 20.8. The number of aliphatic hydroxyl groups is 1. The van der Waals surface area contributed by atoms with Crippen molar-refractivity contribution in [2.75, 3.05) is 13.2 Å². The van der Waals surface area contributed by atoms with E-state index in [9.17, 15) is 25.5 Å². The van der Waals surface area contributed by atoms with Crippen LogP contribution in [0.4, 0.5) is 0 Å². The Hall–Kier alpha value is -4.24. The summed E-state index contributed by atoms with van der Waals surface area (Å²) in [5.74, 6) is -1.25. The molecule has 4 aromatic carbocycles.